The molecule has 2 unspecified atom stereocenters. The highest BCUT2D eigenvalue weighted by molar-refractivity contribution is 6.31. The van der Waals surface area contributed by atoms with Gasteiger partial charge in [-0.05, 0) is 51.0 Å². The van der Waals surface area contributed by atoms with Crippen LogP contribution >= 0.6 is 11.6 Å². The van der Waals surface area contributed by atoms with Gasteiger partial charge in [0, 0.05) is 18.1 Å². The topological polar surface area (TPSA) is 59.4 Å². The van der Waals surface area contributed by atoms with Gasteiger partial charge in [0.25, 0.3) is 0 Å². The van der Waals surface area contributed by atoms with Crippen molar-refractivity contribution in [3.8, 4) is 6.07 Å². The lowest BCUT2D eigenvalue weighted by Gasteiger charge is -2.29. The average molecular weight is 377 g/mol. The number of halogens is 1. The van der Waals surface area contributed by atoms with Gasteiger partial charge in [-0.1, -0.05) is 36.7 Å². The van der Waals surface area contributed by atoms with Crippen molar-refractivity contribution in [3.63, 3.8) is 0 Å². The van der Waals surface area contributed by atoms with Crippen LogP contribution in [0, 0.1) is 17.2 Å². The first-order valence-corrected chi connectivity index (χ1v) is 9.80. The van der Waals surface area contributed by atoms with Gasteiger partial charge >= 0.3 is 0 Å². The third kappa shape index (κ3) is 5.98. The van der Waals surface area contributed by atoms with Crippen molar-refractivity contribution in [2.45, 2.75) is 32.7 Å². The third-order valence-electron chi connectivity index (χ3n) is 4.91. The molecule has 0 radical (unpaired) electrons. The summed E-state index contributed by atoms with van der Waals surface area (Å²) in [5.74, 6) is -0.0866. The summed E-state index contributed by atoms with van der Waals surface area (Å²) in [6.07, 6.45) is 2.37. The van der Waals surface area contributed by atoms with Crippen molar-refractivity contribution >= 4 is 17.5 Å². The van der Waals surface area contributed by atoms with Crippen LogP contribution < -0.4 is 5.32 Å². The third-order valence-corrected chi connectivity index (χ3v) is 5.25. The fraction of sp³-hybridized carbons (Fsp3) is 0.600. The van der Waals surface area contributed by atoms with Crippen LogP contribution in [-0.2, 0) is 4.79 Å². The normalized spacial score (nSPS) is 17.0. The molecule has 1 heterocycles. The second-order valence-electron chi connectivity index (χ2n) is 6.94. The zero-order valence-corrected chi connectivity index (χ0v) is 16.5. The zero-order valence-electron chi connectivity index (χ0n) is 15.7. The molecule has 1 saturated heterocycles. The number of nitrogens with one attached hydrogen (secondary N) is 1. The number of benzene rings is 1. The van der Waals surface area contributed by atoms with Crippen molar-refractivity contribution < 1.29 is 4.79 Å². The van der Waals surface area contributed by atoms with E-state index in [1.54, 1.807) is 0 Å². The summed E-state index contributed by atoms with van der Waals surface area (Å²) >= 11 is 6.41. The van der Waals surface area contributed by atoms with Gasteiger partial charge in [0.05, 0.1) is 24.6 Å². The van der Waals surface area contributed by atoms with E-state index >= 15 is 0 Å². The summed E-state index contributed by atoms with van der Waals surface area (Å²) in [7, 11) is 0. The molecular weight excluding hydrogens is 348 g/mol. The molecule has 26 heavy (non-hydrogen) atoms. The first-order valence-electron chi connectivity index (χ1n) is 9.42. The van der Waals surface area contributed by atoms with Crippen LogP contribution in [0.25, 0.3) is 0 Å². The minimum Gasteiger partial charge on any atom is -0.353 e. The van der Waals surface area contributed by atoms with Crippen LogP contribution in [0.4, 0.5) is 0 Å². The predicted octanol–water partition coefficient (Wildman–Crippen LogP) is 3.07. The summed E-state index contributed by atoms with van der Waals surface area (Å²) in [6.45, 7) is 8.18. The summed E-state index contributed by atoms with van der Waals surface area (Å²) in [5, 5.41) is 12.8. The number of nitrogens with zero attached hydrogens (tertiary/aromatic N) is 3. The molecule has 1 aromatic rings. The Morgan fingerprint density at radius 1 is 1.38 bits per heavy atom. The van der Waals surface area contributed by atoms with E-state index in [0.29, 0.717) is 19.6 Å². The number of likely N-dealkylation sites (tertiary alicyclic amines) is 1. The molecule has 0 aromatic heterocycles. The summed E-state index contributed by atoms with van der Waals surface area (Å²) < 4.78 is 0. The molecule has 0 spiro atoms. The van der Waals surface area contributed by atoms with E-state index in [9.17, 15) is 4.79 Å². The Morgan fingerprint density at radius 2 is 2.08 bits per heavy atom. The molecule has 5 nitrogen and oxygen atoms in total. The molecule has 1 aliphatic heterocycles. The quantitative estimate of drug-likeness (QED) is 0.719. The van der Waals surface area contributed by atoms with Gasteiger partial charge in [-0.2, -0.15) is 5.26 Å². The van der Waals surface area contributed by atoms with Crippen LogP contribution in [0.1, 0.15) is 38.3 Å². The van der Waals surface area contributed by atoms with Crippen LogP contribution in [0.2, 0.25) is 5.02 Å². The smallest absolute Gasteiger partial charge is 0.234 e. The summed E-state index contributed by atoms with van der Waals surface area (Å²) in [4.78, 5) is 16.8. The molecule has 0 aliphatic carbocycles. The molecule has 1 aromatic carbocycles. The van der Waals surface area contributed by atoms with E-state index in [-0.39, 0.29) is 17.9 Å². The maximum absolute atomic E-state index is 12.4. The number of hydrogen-bond acceptors (Lipinski definition) is 4. The largest absolute Gasteiger partial charge is 0.353 e. The molecule has 1 amide bonds. The van der Waals surface area contributed by atoms with Crippen molar-refractivity contribution in [1.29, 1.82) is 5.26 Å². The molecule has 6 heteroatoms. The van der Waals surface area contributed by atoms with Crippen molar-refractivity contribution in [1.82, 2.24) is 15.1 Å². The molecular formula is C20H29ClN4O. The monoisotopic (exact) mass is 376 g/mol. The Bertz CT molecular complexity index is 624. The van der Waals surface area contributed by atoms with Gasteiger partial charge < -0.3 is 5.32 Å². The summed E-state index contributed by atoms with van der Waals surface area (Å²) in [5.41, 5.74) is 1.07. The number of rotatable bonds is 9. The second kappa shape index (κ2) is 10.5. The molecule has 2 rings (SSSR count). The number of likely N-dealkylation sites (N-methyl/N-ethyl adjacent to an activating group) is 1. The first kappa shape index (κ1) is 20.7. The van der Waals surface area contributed by atoms with Crippen molar-refractivity contribution in [3.05, 3.63) is 34.9 Å². The zero-order chi connectivity index (χ0) is 18.9. The lowest BCUT2D eigenvalue weighted by atomic mass is 10.1. The van der Waals surface area contributed by atoms with Gasteiger partial charge in [0.15, 0.2) is 0 Å². The Kier molecular flexibility index (Phi) is 8.37. The fourth-order valence-corrected chi connectivity index (χ4v) is 3.70. The lowest BCUT2D eigenvalue weighted by Crippen LogP contribution is -2.42. The van der Waals surface area contributed by atoms with Crippen LogP contribution in [0.3, 0.4) is 0 Å². The van der Waals surface area contributed by atoms with E-state index in [4.69, 9.17) is 16.9 Å². The highest BCUT2D eigenvalue weighted by Crippen LogP contribution is 2.29. The Morgan fingerprint density at radius 3 is 2.69 bits per heavy atom. The molecule has 142 valence electrons. The van der Waals surface area contributed by atoms with E-state index in [1.807, 2.05) is 43.0 Å². The van der Waals surface area contributed by atoms with Gasteiger partial charge in [-0.3, -0.25) is 14.6 Å². The van der Waals surface area contributed by atoms with Gasteiger partial charge in [0.1, 0.15) is 0 Å². The molecule has 1 fully saturated rings. The van der Waals surface area contributed by atoms with E-state index in [1.165, 1.54) is 12.8 Å². The molecule has 1 aliphatic rings. The van der Waals surface area contributed by atoms with Crippen molar-refractivity contribution in [2.24, 2.45) is 5.92 Å². The average Bonchev–Trinajstić information content (AvgIpc) is 3.17. The fourth-order valence-electron chi connectivity index (χ4n) is 3.44. The minimum absolute atomic E-state index is 0.00626. The van der Waals surface area contributed by atoms with E-state index in [0.717, 1.165) is 30.2 Å². The van der Waals surface area contributed by atoms with Crippen LogP contribution in [0.5, 0.6) is 0 Å². The second-order valence-corrected chi connectivity index (χ2v) is 7.35. The van der Waals surface area contributed by atoms with E-state index < -0.39 is 0 Å². The Labute approximate surface area is 161 Å². The van der Waals surface area contributed by atoms with Crippen LogP contribution in [0.15, 0.2) is 24.3 Å². The molecule has 0 saturated carbocycles. The first-order chi connectivity index (χ1) is 12.5. The Hall–Kier alpha value is -1.61. The summed E-state index contributed by atoms with van der Waals surface area (Å²) in [6, 6.07) is 10.2. The number of amides is 1. The highest BCUT2D eigenvalue weighted by Gasteiger charge is 2.25. The minimum atomic E-state index is -0.0803. The molecule has 0 bridgehead atoms. The number of nitriles is 1. The van der Waals surface area contributed by atoms with Gasteiger partial charge in [0.2, 0.25) is 5.91 Å². The van der Waals surface area contributed by atoms with Gasteiger partial charge in [-0.15, -0.1) is 0 Å². The predicted molar refractivity (Wildman–Crippen MR) is 105 cm³/mol. The Balaban J connectivity index is 1.97. The maximum atomic E-state index is 12.4. The van der Waals surface area contributed by atoms with Crippen LogP contribution in [-0.4, -0.2) is 55.0 Å². The SMILES string of the molecule is CCN(CC(=O)NCC(c1ccccc1Cl)N1CCCC1)CC(C)C#N. The number of hydrogen-bond donors (Lipinski definition) is 1. The molecule has 1 N–H and O–H groups in total. The molecule has 2 atom stereocenters. The standard InChI is InChI=1S/C20H29ClN4O/c1-3-24(14-16(2)12-22)15-20(26)23-13-19(25-10-6-7-11-25)17-8-4-5-9-18(17)21/h4-5,8-9,16,19H,3,6-7,10-11,13-15H2,1-2H3,(H,23,26). The maximum Gasteiger partial charge on any atom is 0.234 e. The lowest BCUT2D eigenvalue weighted by molar-refractivity contribution is -0.122. The van der Waals surface area contributed by atoms with Crippen molar-refractivity contribution in [2.75, 3.05) is 39.3 Å². The van der Waals surface area contributed by atoms with E-state index in [2.05, 4.69) is 16.3 Å². The highest BCUT2D eigenvalue weighted by atomic mass is 35.5. The number of carbonyl (C=O) groups excluding carboxylic acids is 1. The number of carbonyl (C=O) groups is 1. The van der Waals surface area contributed by atoms with Gasteiger partial charge in [-0.25, -0.2) is 0 Å².